The van der Waals surface area contributed by atoms with Crippen LogP contribution >= 0.6 is 11.3 Å². The van der Waals surface area contributed by atoms with Gasteiger partial charge in [-0.05, 0) is 80.9 Å². The summed E-state index contributed by atoms with van der Waals surface area (Å²) < 4.78 is 1.15. The fraction of sp³-hybridized carbons (Fsp3) is 0.481. The van der Waals surface area contributed by atoms with Crippen molar-refractivity contribution < 1.29 is 9.59 Å². The van der Waals surface area contributed by atoms with E-state index < -0.39 is 11.8 Å². The molecule has 3 N–H and O–H groups in total. The lowest BCUT2D eigenvalue weighted by Gasteiger charge is -2.38. The van der Waals surface area contributed by atoms with E-state index in [1.807, 2.05) is 6.07 Å². The third-order valence-corrected chi connectivity index (χ3v) is 8.21. The van der Waals surface area contributed by atoms with Gasteiger partial charge >= 0.3 is 11.8 Å². The van der Waals surface area contributed by atoms with Crippen molar-refractivity contribution in [1.82, 2.24) is 19.8 Å². The molecule has 1 aliphatic carbocycles. The number of hydrogen-bond acceptors (Lipinski definition) is 7. The van der Waals surface area contributed by atoms with E-state index in [1.54, 1.807) is 16.2 Å². The molecular weight excluding hydrogens is 472 g/mol. The Labute approximate surface area is 215 Å². The first-order chi connectivity index (χ1) is 17.3. The third kappa shape index (κ3) is 5.37. The number of fused-ring (bicyclic) bond motifs is 1. The van der Waals surface area contributed by atoms with Gasteiger partial charge in [-0.15, -0.1) is 11.3 Å². The minimum Gasteiger partial charge on any atom is -0.383 e. The van der Waals surface area contributed by atoms with E-state index in [-0.39, 0.29) is 6.04 Å². The van der Waals surface area contributed by atoms with E-state index in [2.05, 4.69) is 54.4 Å². The second-order valence-electron chi connectivity index (χ2n) is 10.5. The number of nitrogen functional groups attached to an aromatic ring is 1. The van der Waals surface area contributed by atoms with Crippen LogP contribution < -0.4 is 11.1 Å². The van der Waals surface area contributed by atoms with Crippen molar-refractivity contribution >= 4 is 44.9 Å². The Morgan fingerprint density at radius 3 is 2.75 bits per heavy atom. The number of likely N-dealkylation sites (N-methyl/N-ethyl adjacent to an activating group) is 1. The Balaban J connectivity index is 1.34. The zero-order valence-electron chi connectivity index (χ0n) is 21.2. The van der Waals surface area contributed by atoms with Crippen molar-refractivity contribution in [2.24, 2.45) is 5.92 Å². The number of piperidine rings is 1. The summed E-state index contributed by atoms with van der Waals surface area (Å²) in [5.74, 6) is 0.0817. The first kappa shape index (κ1) is 24.6. The number of thiazole rings is 1. The largest absolute Gasteiger partial charge is 0.383 e. The van der Waals surface area contributed by atoms with Crippen LogP contribution in [0.25, 0.3) is 10.2 Å². The van der Waals surface area contributed by atoms with Gasteiger partial charge in [0, 0.05) is 19.5 Å². The summed E-state index contributed by atoms with van der Waals surface area (Å²) in [5.41, 5.74) is 9.46. The molecule has 5 rings (SSSR count). The molecule has 2 aliphatic rings. The Kier molecular flexibility index (Phi) is 6.94. The fourth-order valence-corrected chi connectivity index (χ4v) is 5.88. The molecule has 0 unspecified atom stereocenters. The molecule has 1 aliphatic heterocycles. The van der Waals surface area contributed by atoms with Gasteiger partial charge in [0.05, 0.1) is 33.2 Å². The lowest BCUT2D eigenvalue weighted by Crippen LogP contribution is -2.46. The second-order valence-corrected chi connectivity index (χ2v) is 11.6. The zero-order chi connectivity index (χ0) is 25.4. The van der Waals surface area contributed by atoms with Gasteiger partial charge < -0.3 is 20.9 Å². The first-order valence-electron chi connectivity index (χ1n) is 12.7. The number of nitrogens with one attached hydrogen (secondary N) is 1. The monoisotopic (exact) mass is 506 g/mol. The highest BCUT2D eigenvalue weighted by atomic mass is 32.1. The second kappa shape index (κ2) is 10.1. The van der Waals surface area contributed by atoms with Gasteiger partial charge in [0.2, 0.25) is 0 Å². The molecule has 2 atom stereocenters. The molecule has 0 spiro atoms. The maximum Gasteiger partial charge on any atom is 0.313 e. The number of likely N-dealkylation sites (tertiary alicyclic amines) is 1. The average Bonchev–Trinajstić information content (AvgIpc) is 3.61. The Bertz CT molecular complexity index is 1280. The van der Waals surface area contributed by atoms with Gasteiger partial charge in [0.1, 0.15) is 5.82 Å². The average molecular weight is 507 g/mol. The SMILES string of the molecule is C[C@H]1CC[C@H](c2ccc3sc(CCN(C)C)nc3c2)N(C(=O)C(=O)Nc2cnc(N)c(C3CC3)c2)C1. The Morgan fingerprint density at radius 2 is 2.00 bits per heavy atom. The smallest absolute Gasteiger partial charge is 0.313 e. The van der Waals surface area contributed by atoms with E-state index in [1.165, 1.54) is 6.20 Å². The molecule has 190 valence electrons. The molecule has 3 heterocycles. The number of amides is 2. The van der Waals surface area contributed by atoms with Crippen molar-refractivity contribution in [3.63, 3.8) is 0 Å². The molecular formula is C27H34N6O2S. The van der Waals surface area contributed by atoms with E-state index in [9.17, 15) is 9.59 Å². The lowest BCUT2D eigenvalue weighted by molar-refractivity contribution is -0.146. The molecule has 36 heavy (non-hydrogen) atoms. The number of benzene rings is 1. The number of nitrogens with zero attached hydrogens (tertiary/aromatic N) is 4. The number of pyridine rings is 1. The minimum atomic E-state index is -0.636. The highest BCUT2D eigenvalue weighted by Gasteiger charge is 2.35. The van der Waals surface area contributed by atoms with Crippen LogP contribution in [0.15, 0.2) is 30.5 Å². The predicted molar refractivity (Wildman–Crippen MR) is 144 cm³/mol. The van der Waals surface area contributed by atoms with E-state index in [0.29, 0.717) is 29.9 Å². The van der Waals surface area contributed by atoms with Crippen LogP contribution in [-0.4, -0.2) is 58.8 Å². The van der Waals surface area contributed by atoms with Crippen LogP contribution in [0.4, 0.5) is 11.5 Å². The number of rotatable bonds is 6. The molecule has 2 aromatic heterocycles. The van der Waals surface area contributed by atoms with Crippen molar-refractivity contribution in [3.8, 4) is 0 Å². The molecule has 2 amide bonds. The van der Waals surface area contributed by atoms with Gasteiger partial charge in [0.15, 0.2) is 0 Å². The first-order valence-corrected chi connectivity index (χ1v) is 13.5. The number of carbonyl (C=O) groups excluding carboxylic acids is 2. The van der Waals surface area contributed by atoms with Gasteiger partial charge in [-0.2, -0.15) is 0 Å². The molecule has 8 nitrogen and oxygen atoms in total. The summed E-state index contributed by atoms with van der Waals surface area (Å²) in [7, 11) is 4.13. The van der Waals surface area contributed by atoms with Crippen LogP contribution in [0.1, 0.15) is 60.7 Å². The zero-order valence-corrected chi connectivity index (χ0v) is 22.0. The minimum absolute atomic E-state index is 0.151. The van der Waals surface area contributed by atoms with Crippen LogP contribution in [0.3, 0.4) is 0 Å². The molecule has 1 saturated heterocycles. The van der Waals surface area contributed by atoms with Gasteiger partial charge in [-0.3, -0.25) is 9.59 Å². The molecule has 2 fully saturated rings. The highest BCUT2D eigenvalue weighted by Crippen LogP contribution is 2.43. The highest BCUT2D eigenvalue weighted by molar-refractivity contribution is 7.18. The van der Waals surface area contributed by atoms with E-state index in [4.69, 9.17) is 10.7 Å². The van der Waals surface area contributed by atoms with Crippen LogP contribution in [0.2, 0.25) is 0 Å². The maximum absolute atomic E-state index is 13.4. The summed E-state index contributed by atoms with van der Waals surface area (Å²) >= 11 is 1.72. The summed E-state index contributed by atoms with van der Waals surface area (Å²) in [6.45, 7) is 3.63. The molecule has 0 radical (unpaired) electrons. The van der Waals surface area contributed by atoms with Crippen molar-refractivity contribution in [1.29, 1.82) is 0 Å². The number of anilines is 2. The van der Waals surface area contributed by atoms with Gasteiger partial charge in [0.25, 0.3) is 0 Å². The molecule has 1 aromatic carbocycles. The quantitative estimate of drug-likeness (QED) is 0.486. The topological polar surface area (TPSA) is 104 Å². The Morgan fingerprint density at radius 1 is 1.19 bits per heavy atom. The van der Waals surface area contributed by atoms with Crippen molar-refractivity contribution in [2.45, 2.75) is 51.0 Å². The van der Waals surface area contributed by atoms with E-state index in [0.717, 1.165) is 65.0 Å². The van der Waals surface area contributed by atoms with Crippen LogP contribution in [-0.2, 0) is 16.0 Å². The van der Waals surface area contributed by atoms with Crippen LogP contribution in [0.5, 0.6) is 0 Å². The number of carbonyl (C=O) groups is 2. The molecule has 0 bridgehead atoms. The van der Waals surface area contributed by atoms with Crippen molar-refractivity contribution in [2.75, 3.05) is 38.2 Å². The summed E-state index contributed by atoms with van der Waals surface area (Å²) in [6.07, 6.45) is 6.42. The number of hydrogen-bond donors (Lipinski definition) is 2. The standard InChI is InChI=1S/C27H34N6O2S/c1-16-4-8-22(18-7-9-23-21(12-18)31-24(36-23)10-11-32(2)3)33(15-16)27(35)26(34)30-19-13-20(17-5-6-17)25(28)29-14-19/h7,9,12-14,16-17,22H,4-6,8,10-11,15H2,1-3H3,(H2,28,29)(H,30,34)/t16-,22+/m0/s1. The molecule has 3 aromatic rings. The van der Waals surface area contributed by atoms with E-state index >= 15 is 0 Å². The maximum atomic E-state index is 13.4. The number of nitrogens with two attached hydrogens (primary N) is 1. The fourth-order valence-electron chi connectivity index (χ4n) is 4.95. The lowest BCUT2D eigenvalue weighted by atomic mass is 9.89. The summed E-state index contributed by atoms with van der Waals surface area (Å²) in [6, 6.07) is 7.98. The van der Waals surface area contributed by atoms with Crippen LogP contribution in [0, 0.1) is 5.92 Å². The normalized spacial score (nSPS) is 20.2. The predicted octanol–water partition coefficient (Wildman–Crippen LogP) is 4.19. The summed E-state index contributed by atoms with van der Waals surface area (Å²) in [4.78, 5) is 39.4. The summed E-state index contributed by atoms with van der Waals surface area (Å²) in [5, 5.41) is 3.88. The van der Waals surface area contributed by atoms with Gasteiger partial charge in [-0.1, -0.05) is 13.0 Å². The number of aromatic nitrogens is 2. The third-order valence-electron chi connectivity index (χ3n) is 7.11. The molecule has 9 heteroatoms. The molecule has 1 saturated carbocycles. The van der Waals surface area contributed by atoms with Gasteiger partial charge in [-0.25, -0.2) is 9.97 Å². The Hall–Kier alpha value is -3.04. The van der Waals surface area contributed by atoms with Crippen molar-refractivity contribution in [3.05, 3.63) is 46.6 Å².